The molecule has 11 heteroatoms. The van der Waals surface area contributed by atoms with Crippen LogP contribution in [0, 0.1) is 0 Å². The molecule has 3 rings (SSSR count). The molecule has 0 saturated carbocycles. The van der Waals surface area contributed by atoms with Crippen molar-refractivity contribution in [3.05, 3.63) is 64.5 Å². The monoisotopic (exact) mass is 454 g/mol. The molecule has 0 unspecified atom stereocenters. The van der Waals surface area contributed by atoms with Crippen molar-refractivity contribution >= 4 is 58.9 Å². The minimum atomic E-state index is -1.25. The van der Waals surface area contributed by atoms with E-state index >= 15 is 0 Å². The van der Waals surface area contributed by atoms with Crippen LogP contribution in [0.15, 0.2) is 53.9 Å². The minimum Gasteiger partial charge on any atom is -0.511 e. The summed E-state index contributed by atoms with van der Waals surface area (Å²) in [4.78, 5) is 40.9. The molecule has 0 spiro atoms. The molecule has 1 aromatic carbocycles. The zero-order valence-electron chi connectivity index (χ0n) is 16.7. The van der Waals surface area contributed by atoms with E-state index in [0.717, 1.165) is 0 Å². The molecule has 0 aliphatic carbocycles. The molecule has 0 saturated heterocycles. The first-order valence-corrected chi connectivity index (χ1v) is 9.31. The van der Waals surface area contributed by atoms with Crippen molar-refractivity contribution in [3.63, 3.8) is 0 Å². The zero-order chi connectivity index (χ0) is 21.7. The van der Waals surface area contributed by atoms with E-state index in [0.29, 0.717) is 22.2 Å². The number of hydrogen-bond acceptors (Lipinski definition) is 6. The molecule has 0 fully saturated rings. The number of carbonyl (C=O) groups excluding carboxylic acids is 2. The number of carbonyl (C=O) groups is 3. The molecule has 1 aliphatic heterocycles. The number of ether oxygens (including phenoxy) is 1. The summed E-state index contributed by atoms with van der Waals surface area (Å²) < 4.78 is 5.62. The van der Waals surface area contributed by atoms with Gasteiger partial charge in [-0.1, -0.05) is 17.7 Å². The molecule has 0 atom stereocenters. The maximum Gasteiger partial charge on any atom is 0.322 e. The van der Waals surface area contributed by atoms with Gasteiger partial charge in [-0.15, -0.1) is 0 Å². The van der Waals surface area contributed by atoms with Gasteiger partial charge in [-0.25, -0.2) is 4.98 Å². The van der Waals surface area contributed by atoms with E-state index < -0.39 is 29.9 Å². The van der Waals surface area contributed by atoms with Crippen LogP contribution in [0.1, 0.15) is 12.0 Å². The van der Waals surface area contributed by atoms with Gasteiger partial charge in [0.15, 0.2) is 0 Å². The van der Waals surface area contributed by atoms with E-state index in [9.17, 15) is 19.5 Å². The number of halogens is 1. The fourth-order valence-electron chi connectivity index (χ4n) is 2.78. The fourth-order valence-corrected chi connectivity index (χ4v) is 2.91. The molecule has 157 valence electrons. The van der Waals surface area contributed by atoms with Gasteiger partial charge >= 0.3 is 5.97 Å². The Labute approximate surface area is 205 Å². The van der Waals surface area contributed by atoms with Gasteiger partial charge in [0.05, 0.1) is 0 Å². The van der Waals surface area contributed by atoms with Crippen molar-refractivity contribution < 1.29 is 29.3 Å². The van der Waals surface area contributed by atoms with Crippen LogP contribution >= 0.6 is 11.6 Å². The van der Waals surface area contributed by atoms with Crippen molar-refractivity contribution in [2.24, 2.45) is 0 Å². The van der Waals surface area contributed by atoms with E-state index in [-0.39, 0.29) is 54.8 Å². The Bertz CT molecular complexity index is 995. The Hall–Kier alpha value is -2.59. The van der Waals surface area contributed by atoms with Gasteiger partial charge in [0.1, 0.15) is 23.6 Å². The molecule has 1 aliphatic rings. The summed E-state index contributed by atoms with van der Waals surface area (Å²) in [5.41, 5.74) is 0.247. The maximum atomic E-state index is 12.6. The molecule has 3 N–H and O–H groups in total. The molecule has 2 heterocycles. The number of aliphatic hydroxyl groups excluding tert-OH is 1. The average Bonchev–Trinajstić information content (AvgIpc) is 2.72. The molecular formula is C20H18ClN3NaO6. The number of benzene rings is 1. The third-order valence-corrected chi connectivity index (χ3v) is 4.49. The maximum absolute atomic E-state index is 12.6. The zero-order valence-corrected chi connectivity index (χ0v) is 19.4. The van der Waals surface area contributed by atoms with Crippen LogP contribution in [0.3, 0.4) is 0 Å². The second kappa shape index (κ2) is 11.1. The Kier molecular flexibility index (Phi) is 8.88. The number of aliphatic carboxylic acids is 1. The van der Waals surface area contributed by atoms with Crippen molar-refractivity contribution in [3.8, 4) is 11.6 Å². The second-order valence-electron chi connectivity index (χ2n) is 6.44. The van der Waals surface area contributed by atoms with E-state index in [4.69, 9.17) is 21.4 Å². The third-order valence-electron chi connectivity index (χ3n) is 4.24. The topological polar surface area (TPSA) is 129 Å². The van der Waals surface area contributed by atoms with Crippen LogP contribution in [0.25, 0.3) is 0 Å². The Morgan fingerprint density at radius 1 is 1.19 bits per heavy atom. The fraction of sp³-hybridized carbons (Fsp3) is 0.200. The van der Waals surface area contributed by atoms with Gasteiger partial charge in [0.2, 0.25) is 5.88 Å². The van der Waals surface area contributed by atoms with Crippen LogP contribution < -0.4 is 10.1 Å². The molecule has 9 nitrogen and oxygen atoms in total. The van der Waals surface area contributed by atoms with Crippen LogP contribution in [0.2, 0.25) is 5.02 Å². The number of aromatic nitrogens is 1. The first-order valence-electron chi connectivity index (χ1n) is 8.93. The predicted octanol–water partition coefficient (Wildman–Crippen LogP) is 1.89. The quantitative estimate of drug-likeness (QED) is 0.430. The molecule has 0 bridgehead atoms. The smallest absolute Gasteiger partial charge is 0.322 e. The Morgan fingerprint density at radius 3 is 2.52 bits per heavy atom. The van der Waals surface area contributed by atoms with Gasteiger partial charge < -0.3 is 25.2 Å². The Morgan fingerprint density at radius 2 is 1.90 bits per heavy atom. The van der Waals surface area contributed by atoms with Crippen molar-refractivity contribution in [1.82, 2.24) is 15.2 Å². The van der Waals surface area contributed by atoms with Gasteiger partial charge in [-0.3, -0.25) is 14.4 Å². The van der Waals surface area contributed by atoms with Crippen LogP contribution in [-0.4, -0.2) is 80.5 Å². The summed E-state index contributed by atoms with van der Waals surface area (Å²) in [5, 5.41) is 21.3. The normalized spacial score (nSPS) is 13.5. The van der Waals surface area contributed by atoms with Crippen LogP contribution in [0.5, 0.6) is 11.6 Å². The number of hydrogen-bond donors (Lipinski definition) is 3. The number of aliphatic hydroxyl groups is 1. The second-order valence-corrected chi connectivity index (χ2v) is 6.87. The summed E-state index contributed by atoms with van der Waals surface area (Å²) in [6, 6.07) is 10.2. The van der Waals surface area contributed by atoms with Gasteiger partial charge in [-0.05, 0) is 29.8 Å². The summed E-state index contributed by atoms with van der Waals surface area (Å²) in [6.45, 7) is -0.276. The van der Waals surface area contributed by atoms with E-state index in [1.165, 1.54) is 4.90 Å². The first-order chi connectivity index (χ1) is 14.3. The SMILES string of the molecule is O=C(O)CNC(=O)C1=C(O)CCN(Cc2ccc(Oc3ccc(Cl)cc3)nc2)C1=O.[Na]. The molecule has 31 heavy (non-hydrogen) atoms. The van der Waals surface area contributed by atoms with Crippen LogP contribution in [0.4, 0.5) is 0 Å². The number of carboxylic acid groups (broad SMARTS) is 1. The van der Waals surface area contributed by atoms with Crippen molar-refractivity contribution in [2.45, 2.75) is 13.0 Å². The summed E-state index contributed by atoms with van der Waals surface area (Å²) >= 11 is 5.84. The predicted molar refractivity (Wildman–Crippen MR) is 112 cm³/mol. The number of rotatable bonds is 7. The minimum absolute atomic E-state index is 0. The Balaban J connectivity index is 0.00000341. The molecule has 1 aromatic heterocycles. The molecule has 2 amide bonds. The summed E-state index contributed by atoms with van der Waals surface area (Å²) in [5.74, 6) is -2.28. The van der Waals surface area contributed by atoms with Crippen molar-refractivity contribution in [2.75, 3.05) is 13.1 Å². The largest absolute Gasteiger partial charge is 0.511 e. The van der Waals surface area contributed by atoms with Crippen LogP contribution in [-0.2, 0) is 20.9 Å². The first kappa shape index (κ1) is 24.7. The number of amides is 2. The molecular weight excluding hydrogens is 437 g/mol. The number of pyridine rings is 1. The van der Waals surface area contributed by atoms with E-state index in [1.54, 1.807) is 42.6 Å². The summed E-state index contributed by atoms with van der Waals surface area (Å²) in [6.07, 6.45) is 1.63. The van der Waals surface area contributed by atoms with E-state index in [1.807, 2.05) is 0 Å². The van der Waals surface area contributed by atoms with Gasteiger partial charge in [0.25, 0.3) is 11.8 Å². The van der Waals surface area contributed by atoms with Gasteiger partial charge in [-0.2, -0.15) is 0 Å². The standard InChI is InChI=1S/C20H18ClN3O6.Na/c21-13-2-4-14(5-3-13)30-16-6-1-12(9-22-16)11-24-8-7-15(25)18(20(24)29)19(28)23-10-17(26)27;/h1-6,9,25H,7-8,10-11H2,(H,23,28)(H,26,27);. The molecule has 1 radical (unpaired) electrons. The van der Waals surface area contributed by atoms with Gasteiger partial charge in [0, 0.05) is 66.4 Å². The van der Waals surface area contributed by atoms with E-state index in [2.05, 4.69) is 10.3 Å². The molecule has 2 aromatic rings. The number of nitrogens with one attached hydrogen (secondary N) is 1. The van der Waals surface area contributed by atoms with Crippen molar-refractivity contribution in [1.29, 1.82) is 0 Å². The third kappa shape index (κ3) is 6.70. The number of nitrogens with zero attached hydrogens (tertiary/aromatic N) is 2. The average molecular weight is 455 g/mol. The number of carboxylic acids is 1. The summed E-state index contributed by atoms with van der Waals surface area (Å²) in [7, 11) is 0.